The van der Waals surface area contributed by atoms with E-state index in [0.717, 1.165) is 5.56 Å². The molecule has 2 N–H and O–H groups in total. The Morgan fingerprint density at radius 2 is 1.71 bits per heavy atom. The number of halogens is 1. The van der Waals surface area contributed by atoms with E-state index in [1.807, 2.05) is 20.8 Å². The van der Waals surface area contributed by atoms with Crippen LogP contribution in [-0.4, -0.2) is 37.1 Å². The maximum Gasteiger partial charge on any atom is 0.309 e. The van der Waals surface area contributed by atoms with Crippen LogP contribution in [0.1, 0.15) is 39.2 Å². The van der Waals surface area contributed by atoms with Crippen LogP contribution in [0.25, 0.3) is 0 Å². The highest BCUT2D eigenvalue weighted by Gasteiger charge is 2.35. The zero-order chi connectivity index (χ0) is 17.8. The van der Waals surface area contributed by atoms with Gasteiger partial charge in [0.15, 0.2) is 0 Å². The molecule has 0 radical (unpaired) electrons. The van der Waals surface area contributed by atoms with E-state index in [9.17, 15) is 14.0 Å². The summed E-state index contributed by atoms with van der Waals surface area (Å²) >= 11 is 0. The number of hydrogen-bond acceptors (Lipinski definition) is 3. The van der Waals surface area contributed by atoms with Gasteiger partial charge in [0.25, 0.3) is 0 Å². The lowest BCUT2D eigenvalue weighted by molar-refractivity contribution is -0.140. The summed E-state index contributed by atoms with van der Waals surface area (Å²) in [6.07, 6.45) is 1.42. The summed E-state index contributed by atoms with van der Waals surface area (Å²) in [4.78, 5) is 24.0. The van der Waals surface area contributed by atoms with E-state index in [0.29, 0.717) is 32.6 Å². The third-order valence-electron chi connectivity index (χ3n) is 4.19. The number of hydrogen-bond donors (Lipinski definition) is 2. The summed E-state index contributed by atoms with van der Waals surface area (Å²) in [7, 11) is 0. The van der Waals surface area contributed by atoms with E-state index >= 15 is 0 Å². The molecule has 0 saturated carbocycles. The first-order chi connectivity index (χ1) is 11.2. The molecule has 1 saturated heterocycles. The first-order valence-corrected chi connectivity index (χ1v) is 8.16. The lowest BCUT2D eigenvalue weighted by atomic mass is 9.74. The number of benzene rings is 1. The predicted octanol–water partition coefficient (Wildman–Crippen LogP) is 1.90. The Hall–Kier alpha value is -1.95. The standard InChI is InChI=1S/C18H25FN2O3/c1-17(2,3)21-16(23)15(22)20-12-18(8-10-24-11-9-18)13-4-6-14(19)7-5-13/h4-7H,8-12H2,1-3H3,(H,20,22)(H,21,23). The maximum absolute atomic E-state index is 13.2. The molecule has 0 unspecified atom stereocenters. The molecule has 5 nitrogen and oxygen atoms in total. The summed E-state index contributed by atoms with van der Waals surface area (Å²) in [5.41, 5.74) is 0.134. The molecule has 1 aromatic rings. The predicted molar refractivity (Wildman–Crippen MR) is 89.0 cm³/mol. The van der Waals surface area contributed by atoms with Crippen molar-refractivity contribution in [3.05, 3.63) is 35.6 Å². The second-order valence-electron chi connectivity index (χ2n) is 7.29. The van der Waals surface area contributed by atoms with Gasteiger partial charge in [-0.1, -0.05) is 12.1 Å². The van der Waals surface area contributed by atoms with E-state index in [2.05, 4.69) is 10.6 Å². The van der Waals surface area contributed by atoms with Gasteiger partial charge in [-0.25, -0.2) is 4.39 Å². The van der Waals surface area contributed by atoms with Crippen LogP contribution in [-0.2, 0) is 19.7 Å². The van der Waals surface area contributed by atoms with E-state index in [1.54, 1.807) is 12.1 Å². The van der Waals surface area contributed by atoms with Gasteiger partial charge in [-0.3, -0.25) is 9.59 Å². The van der Waals surface area contributed by atoms with Crippen LogP contribution in [0, 0.1) is 5.82 Å². The quantitative estimate of drug-likeness (QED) is 0.829. The van der Waals surface area contributed by atoms with Crippen molar-refractivity contribution in [2.24, 2.45) is 0 Å². The lowest BCUT2D eigenvalue weighted by Crippen LogP contribution is -2.51. The summed E-state index contributed by atoms with van der Waals surface area (Å²) < 4.78 is 18.6. The average molecular weight is 336 g/mol. The highest BCUT2D eigenvalue weighted by atomic mass is 19.1. The Kier molecular flexibility index (Phi) is 5.59. The van der Waals surface area contributed by atoms with Crippen LogP contribution in [0.4, 0.5) is 4.39 Å². The van der Waals surface area contributed by atoms with Gasteiger partial charge >= 0.3 is 11.8 Å². The van der Waals surface area contributed by atoms with Crippen molar-refractivity contribution in [2.45, 2.75) is 44.6 Å². The smallest absolute Gasteiger partial charge is 0.309 e. The van der Waals surface area contributed by atoms with Gasteiger partial charge in [0.1, 0.15) is 5.82 Å². The summed E-state index contributed by atoms with van der Waals surface area (Å²) in [5.74, 6) is -1.60. The fourth-order valence-corrected chi connectivity index (χ4v) is 2.86. The molecule has 24 heavy (non-hydrogen) atoms. The number of ether oxygens (including phenoxy) is 1. The molecule has 0 atom stereocenters. The van der Waals surface area contributed by atoms with Gasteiger partial charge in [-0.15, -0.1) is 0 Å². The van der Waals surface area contributed by atoms with Crippen LogP contribution in [0.2, 0.25) is 0 Å². The number of carbonyl (C=O) groups excluding carboxylic acids is 2. The van der Waals surface area contributed by atoms with Crippen molar-refractivity contribution in [3.8, 4) is 0 Å². The van der Waals surface area contributed by atoms with E-state index < -0.39 is 17.4 Å². The molecule has 1 fully saturated rings. The van der Waals surface area contributed by atoms with Crippen LogP contribution >= 0.6 is 0 Å². The minimum absolute atomic E-state index is 0.297. The van der Waals surface area contributed by atoms with Gasteiger partial charge in [0, 0.05) is 30.7 Å². The zero-order valence-electron chi connectivity index (χ0n) is 14.4. The van der Waals surface area contributed by atoms with Crippen molar-refractivity contribution in [1.82, 2.24) is 10.6 Å². The molecule has 0 aromatic heterocycles. The average Bonchev–Trinajstić information content (AvgIpc) is 2.52. The number of rotatable bonds is 3. The second-order valence-corrected chi connectivity index (χ2v) is 7.29. The monoisotopic (exact) mass is 336 g/mol. The van der Waals surface area contributed by atoms with Crippen LogP contribution < -0.4 is 10.6 Å². The third kappa shape index (κ3) is 4.77. The first kappa shape index (κ1) is 18.4. The van der Waals surface area contributed by atoms with Gasteiger partial charge in [-0.05, 0) is 51.3 Å². The van der Waals surface area contributed by atoms with Crippen molar-refractivity contribution >= 4 is 11.8 Å². The molecule has 132 valence electrons. The van der Waals surface area contributed by atoms with Crippen molar-refractivity contribution in [3.63, 3.8) is 0 Å². The Bertz CT molecular complexity index is 587. The van der Waals surface area contributed by atoms with Crippen LogP contribution in [0.3, 0.4) is 0 Å². The summed E-state index contributed by atoms with van der Waals surface area (Å²) in [6, 6.07) is 6.31. The molecule has 0 aliphatic carbocycles. The van der Waals surface area contributed by atoms with E-state index in [4.69, 9.17) is 4.74 Å². The fourth-order valence-electron chi connectivity index (χ4n) is 2.86. The largest absolute Gasteiger partial charge is 0.381 e. The number of amides is 2. The van der Waals surface area contributed by atoms with Gasteiger partial charge in [0.2, 0.25) is 0 Å². The molecular weight excluding hydrogens is 311 g/mol. The van der Waals surface area contributed by atoms with Crippen LogP contribution in [0.5, 0.6) is 0 Å². The molecule has 2 amide bonds. The van der Waals surface area contributed by atoms with Crippen molar-refractivity contribution in [2.75, 3.05) is 19.8 Å². The molecule has 1 aliphatic heterocycles. The third-order valence-corrected chi connectivity index (χ3v) is 4.19. The maximum atomic E-state index is 13.2. The molecular formula is C18H25FN2O3. The van der Waals surface area contributed by atoms with Crippen molar-refractivity contribution in [1.29, 1.82) is 0 Å². The fraction of sp³-hybridized carbons (Fsp3) is 0.556. The van der Waals surface area contributed by atoms with Crippen LogP contribution in [0.15, 0.2) is 24.3 Å². The summed E-state index contributed by atoms with van der Waals surface area (Å²) in [6.45, 7) is 6.91. The normalized spacial score (nSPS) is 17.2. The van der Waals surface area contributed by atoms with E-state index in [-0.39, 0.29) is 11.2 Å². The minimum atomic E-state index is -0.655. The first-order valence-electron chi connectivity index (χ1n) is 8.16. The minimum Gasteiger partial charge on any atom is -0.381 e. The topological polar surface area (TPSA) is 67.4 Å². The van der Waals surface area contributed by atoms with Crippen molar-refractivity contribution < 1.29 is 18.7 Å². The molecule has 2 rings (SSSR count). The molecule has 0 bridgehead atoms. The Morgan fingerprint density at radius 1 is 1.12 bits per heavy atom. The van der Waals surface area contributed by atoms with Gasteiger partial charge < -0.3 is 15.4 Å². The molecule has 1 heterocycles. The zero-order valence-corrected chi connectivity index (χ0v) is 14.4. The summed E-state index contributed by atoms with van der Waals surface area (Å²) in [5, 5.41) is 5.37. The van der Waals surface area contributed by atoms with Gasteiger partial charge in [-0.2, -0.15) is 0 Å². The molecule has 1 aromatic carbocycles. The lowest BCUT2D eigenvalue weighted by Gasteiger charge is -2.38. The molecule has 6 heteroatoms. The Morgan fingerprint density at radius 3 is 2.25 bits per heavy atom. The highest BCUT2D eigenvalue weighted by molar-refractivity contribution is 6.35. The van der Waals surface area contributed by atoms with Gasteiger partial charge in [0.05, 0.1) is 0 Å². The SMILES string of the molecule is CC(C)(C)NC(=O)C(=O)NCC1(c2ccc(F)cc2)CCOCC1. The molecule has 1 aliphatic rings. The molecule has 0 spiro atoms. The second kappa shape index (κ2) is 7.30. The number of carbonyl (C=O) groups is 2. The Labute approximate surface area is 142 Å². The van der Waals surface area contributed by atoms with E-state index in [1.165, 1.54) is 12.1 Å². The number of nitrogens with one attached hydrogen (secondary N) is 2. The Balaban J connectivity index is 2.08. The highest BCUT2D eigenvalue weighted by Crippen LogP contribution is 2.34.